The Morgan fingerprint density at radius 1 is 1.26 bits per heavy atom. The standard InChI is InChI=1S/C19H33N3O5/c1-5-12-26-13-14-8-6-10-21(14)17(24)20-16(23)15-9-7-11-22(15)18(25)27-19(2,3)4/h5,14-16,23H,1,6-13H2,2-4H3,(H,20,24)/t14-,15-,16?/m1/s1. The summed E-state index contributed by atoms with van der Waals surface area (Å²) in [5.74, 6) is 0. The van der Waals surface area contributed by atoms with Gasteiger partial charge in [-0.1, -0.05) is 6.08 Å². The largest absolute Gasteiger partial charge is 0.444 e. The normalized spacial score (nSPS) is 24.0. The van der Waals surface area contributed by atoms with E-state index in [2.05, 4.69) is 11.9 Å². The molecular weight excluding hydrogens is 350 g/mol. The van der Waals surface area contributed by atoms with Gasteiger partial charge in [0.15, 0.2) is 0 Å². The van der Waals surface area contributed by atoms with Gasteiger partial charge in [0.05, 0.1) is 25.3 Å². The van der Waals surface area contributed by atoms with Crippen molar-refractivity contribution in [1.82, 2.24) is 15.1 Å². The number of aliphatic hydroxyl groups is 1. The smallest absolute Gasteiger partial charge is 0.410 e. The Bertz CT molecular complexity index is 534. The molecule has 2 aliphatic heterocycles. The Labute approximate surface area is 161 Å². The number of urea groups is 1. The second-order valence-electron chi connectivity index (χ2n) is 8.09. The summed E-state index contributed by atoms with van der Waals surface area (Å²) in [6, 6.07) is -0.826. The van der Waals surface area contributed by atoms with Gasteiger partial charge in [0.2, 0.25) is 0 Å². The molecule has 3 atom stereocenters. The van der Waals surface area contributed by atoms with E-state index in [1.165, 1.54) is 4.90 Å². The van der Waals surface area contributed by atoms with Gasteiger partial charge in [-0.05, 0) is 46.5 Å². The van der Waals surface area contributed by atoms with Crippen LogP contribution in [0.25, 0.3) is 0 Å². The number of amides is 3. The van der Waals surface area contributed by atoms with Crippen LogP contribution in [0.3, 0.4) is 0 Å². The first-order valence-corrected chi connectivity index (χ1v) is 9.66. The van der Waals surface area contributed by atoms with Crippen LogP contribution in [0, 0.1) is 0 Å². The minimum absolute atomic E-state index is 0.0114. The van der Waals surface area contributed by atoms with Crippen LogP contribution in [0.5, 0.6) is 0 Å². The quantitative estimate of drug-likeness (QED) is 0.416. The van der Waals surface area contributed by atoms with Gasteiger partial charge in [-0.3, -0.25) is 0 Å². The van der Waals surface area contributed by atoms with E-state index in [1.54, 1.807) is 31.7 Å². The molecule has 8 nitrogen and oxygen atoms in total. The first-order chi connectivity index (χ1) is 12.7. The molecule has 2 N–H and O–H groups in total. The molecular formula is C19H33N3O5. The maximum atomic E-state index is 12.6. The van der Waals surface area contributed by atoms with Gasteiger partial charge in [0, 0.05) is 13.1 Å². The van der Waals surface area contributed by atoms with E-state index in [0.29, 0.717) is 32.7 Å². The molecule has 2 saturated heterocycles. The number of hydrogen-bond acceptors (Lipinski definition) is 5. The zero-order valence-electron chi connectivity index (χ0n) is 16.6. The fraction of sp³-hybridized carbons (Fsp3) is 0.789. The van der Waals surface area contributed by atoms with E-state index >= 15 is 0 Å². The Balaban J connectivity index is 1.90. The molecule has 8 heteroatoms. The monoisotopic (exact) mass is 383 g/mol. The van der Waals surface area contributed by atoms with Gasteiger partial charge in [-0.25, -0.2) is 9.59 Å². The third-order valence-corrected chi connectivity index (χ3v) is 4.75. The third-order valence-electron chi connectivity index (χ3n) is 4.75. The highest BCUT2D eigenvalue weighted by Crippen LogP contribution is 2.23. The molecule has 0 saturated carbocycles. The minimum Gasteiger partial charge on any atom is -0.444 e. The lowest BCUT2D eigenvalue weighted by molar-refractivity contribution is -0.000381. The maximum absolute atomic E-state index is 12.6. The number of aliphatic hydroxyl groups excluding tert-OH is 1. The van der Waals surface area contributed by atoms with Gasteiger partial charge in [-0.15, -0.1) is 6.58 Å². The first kappa shape index (κ1) is 21.5. The Hall–Kier alpha value is -1.80. The molecule has 0 aromatic carbocycles. The van der Waals surface area contributed by atoms with Gasteiger partial charge >= 0.3 is 12.1 Å². The zero-order chi connectivity index (χ0) is 20.0. The fourth-order valence-corrected chi connectivity index (χ4v) is 3.54. The lowest BCUT2D eigenvalue weighted by Crippen LogP contribution is -2.55. The number of ether oxygens (including phenoxy) is 2. The van der Waals surface area contributed by atoms with Crippen molar-refractivity contribution in [2.45, 2.75) is 70.4 Å². The number of nitrogens with zero attached hydrogens (tertiary/aromatic N) is 2. The molecule has 0 bridgehead atoms. The lowest BCUT2D eigenvalue weighted by atomic mass is 10.2. The molecule has 2 fully saturated rings. The van der Waals surface area contributed by atoms with Crippen molar-refractivity contribution in [3.8, 4) is 0 Å². The lowest BCUT2D eigenvalue weighted by Gasteiger charge is -2.32. The van der Waals surface area contributed by atoms with Crippen LogP contribution in [0.2, 0.25) is 0 Å². The molecule has 27 heavy (non-hydrogen) atoms. The summed E-state index contributed by atoms with van der Waals surface area (Å²) in [4.78, 5) is 28.2. The number of likely N-dealkylation sites (tertiary alicyclic amines) is 2. The summed E-state index contributed by atoms with van der Waals surface area (Å²) in [7, 11) is 0. The van der Waals surface area contributed by atoms with Crippen molar-refractivity contribution < 1.29 is 24.2 Å². The molecule has 154 valence electrons. The van der Waals surface area contributed by atoms with Crippen molar-refractivity contribution >= 4 is 12.1 Å². The first-order valence-electron chi connectivity index (χ1n) is 9.66. The molecule has 3 amide bonds. The van der Waals surface area contributed by atoms with Gasteiger partial charge in [0.1, 0.15) is 11.8 Å². The number of carbonyl (C=O) groups is 2. The number of nitrogens with one attached hydrogen (secondary N) is 1. The molecule has 0 aromatic heterocycles. The van der Waals surface area contributed by atoms with Crippen molar-refractivity contribution in [2.75, 3.05) is 26.3 Å². The van der Waals surface area contributed by atoms with Gasteiger partial charge in [-0.2, -0.15) is 0 Å². The molecule has 0 aromatic rings. The van der Waals surface area contributed by atoms with Crippen LogP contribution in [0.1, 0.15) is 46.5 Å². The van der Waals surface area contributed by atoms with Crippen LogP contribution >= 0.6 is 0 Å². The van der Waals surface area contributed by atoms with Crippen LogP contribution in [0.4, 0.5) is 9.59 Å². The number of carbonyl (C=O) groups excluding carboxylic acids is 2. The summed E-state index contributed by atoms with van der Waals surface area (Å²) < 4.78 is 10.9. The molecule has 0 radical (unpaired) electrons. The Kier molecular flexibility index (Phi) is 7.49. The summed E-state index contributed by atoms with van der Waals surface area (Å²) in [6.07, 6.45) is 3.23. The van der Waals surface area contributed by atoms with E-state index in [-0.39, 0.29) is 12.1 Å². The average Bonchev–Trinajstić information content (AvgIpc) is 3.22. The average molecular weight is 383 g/mol. The third kappa shape index (κ3) is 6.10. The SMILES string of the molecule is C=CCOC[C@H]1CCCN1C(=O)NC(O)[C@H]1CCCN1C(=O)OC(C)(C)C. The highest BCUT2D eigenvalue weighted by atomic mass is 16.6. The summed E-state index contributed by atoms with van der Waals surface area (Å²) in [5.41, 5.74) is -0.605. The van der Waals surface area contributed by atoms with Crippen molar-refractivity contribution in [2.24, 2.45) is 0 Å². The summed E-state index contributed by atoms with van der Waals surface area (Å²) in [5, 5.41) is 13.2. The highest BCUT2D eigenvalue weighted by molar-refractivity contribution is 5.75. The molecule has 2 aliphatic rings. The van der Waals surface area contributed by atoms with E-state index in [4.69, 9.17) is 9.47 Å². The Morgan fingerprint density at radius 2 is 1.93 bits per heavy atom. The molecule has 2 rings (SSSR count). The van der Waals surface area contributed by atoms with Crippen LogP contribution < -0.4 is 5.32 Å². The van der Waals surface area contributed by atoms with E-state index in [1.807, 2.05) is 0 Å². The predicted molar refractivity (Wildman–Crippen MR) is 101 cm³/mol. The Morgan fingerprint density at radius 3 is 2.59 bits per heavy atom. The van der Waals surface area contributed by atoms with Crippen molar-refractivity contribution in [3.63, 3.8) is 0 Å². The van der Waals surface area contributed by atoms with Gasteiger partial charge in [0.25, 0.3) is 0 Å². The van der Waals surface area contributed by atoms with Crippen LogP contribution in [0.15, 0.2) is 12.7 Å². The van der Waals surface area contributed by atoms with Gasteiger partial charge < -0.3 is 29.7 Å². The van der Waals surface area contributed by atoms with E-state index in [0.717, 1.165) is 19.3 Å². The zero-order valence-corrected chi connectivity index (χ0v) is 16.6. The number of rotatable bonds is 6. The van der Waals surface area contributed by atoms with Crippen molar-refractivity contribution in [3.05, 3.63) is 12.7 Å². The summed E-state index contributed by atoms with van der Waals surface area (Å²) in [6.45, 7) is 11.0. The minimum atomic E-state index is -1.14. The second-order valence-corrected chi connectivity index (χ2v) is 8.09. The van der Waals surface area contributed by atoms with E-state index < -0.39 is 24.0 Å². The fourth-order valence-electron chi connectivity index (χ4n) is 3.54. The molecule has 0 spiro atoms. The molecule has 2 heterocycles. The second kappa shape index (κ2) is 9.41. The number of hydrogen-bond donors (Lipinski definition) is 2. The summed E-state index contributed by atoms with van der Waals surface area (Å²) >= 11 is 0. The van der Waals surface area contributed by atoms with E-state index in [9.17, 15) is 14.7 Å². The van der Waals surface area contributed by atoms with Crippen LogP contribution in [-0.2, 0) is 9.47 Å². The van der Waals surface area contributed by atoms with Crippen molar-refractivity contribution in [1.29, 1.82) is 0 Å². The maximum Gasteiger partial charge on any atom is 0.410 e. The predicted octanol–water partition coefficient (Wildman–Crippen LogP) is 2.08. The topological polar surface area (TPSA) is 91.3 Å². The van der Waals surface area contributed by atoms with Crippen LogP contribution in [-0.4, -0.2) is 77.2 Å². The molecule has 1 unspecified atom stereocenters. The molecule has 0 aliphatic carbocycles. The highest BCUT2D eigenvalue weighted by Gasteiger charge is 2.38.